The number of para-hydroxylation sites is 1. The van der Waals surface area contributed by atoms with Crippen LogP contribution in [0.5, 0.6) is 0 Å². The minimum absolute atomic E-state index is 0.302. The van der Waals surface area contributed by atoms with Gasteiger partial charge in [0.25, 0.3) is 0 Å². The summed E-state index contributed by atoms with van der Waals surface area (Å²) in [6.07, 6.45) is 5.56. The van der Waals surface area contributed by atoms with Gasteiger partial charge >= 0.3 is 0 Å². The van der Waals surface area contributed by atoms with Crippen LogP contribution in [0.2, 0.25) is 0 Å². The molecule has 1 aromatic carbocycles. The highest BCUT2D eigenvalue weighted by Crippen LogP contribution is 2.33. The van der Waals surface area contributed by atoms with Gasteiger partial charge in [-0.05, 0) is 43.2 Å². The summed E-state index contributed by atoms with van der Waals surface area (Å²) in [5, 5.41) is 9.22. The molecule has 1 aromatic rings. The zero-order chi connectivity index (χ0) is 13.0. The van der Waals surface area contributed by atoms with Crippen molar-refractivity contribution in [2.45, 2.75) is 52.0 Å². The van der Waals surface area contributed by atoms with Crippen LogP contribution in [0.3, 0.4) is 0 Å². The van der Waals surface area contributed by atoms with Gasteiger partial charge in [-0.15, -0.1) is 0 Å². The van der Waals surface area contributed by atoms with Crippen molar-refractivity contribution in [3.05, 3.63) is 29.3 Å². The molecule has 2 nitrogen and oxygen atoms in total. The molecule has 1 aliphatic rings. The fourth-order valence-corrected chi connectivity index (χ4v) is 3.16. The van der Waals surface area contributed by atoms with Crippen LogP contribution in [0.15, 0.2) is 18.2 Å². The van der Waals surface area contributed by atoms with Crippen LogP contribution in [-0.4, -0.2) is 24.3 Å². The Kier molecular flexibility index (Phi) is 4.65. The summed E-state index contributed by atoms with van der Waals surface area (Å²) < 4.78 is 0. The van der Waals surface area contributed by atoms with E-state index in [4.69, 9.17) is 0 Å². The molecule has 2 rings (SSSR count). The monoisotopic (exact) mass is 247 g/mol. The smallest absolute Gasteiger partial charge is 0.0450 e. The number of hydrogen-bond acceptors (Lipinski definition) is 2. The lowest BCUT2D eigenvalue weighted by molar-refractivity contribution is 0.275. The molecule has 1 unspecified atom stereocenters. The number of anilines is 1. The maximum atomic E-state index is 9.22. The Hall–Kier alpha value is -1.02. The lowest BCUT2D eigenvalue weighted by atomic mass is 10.0. The lowest BCUT2D eigenvalue weighted by Gasteiger charge is -2.30. The van der Waals surface area contributed by atoms with Crippen LogP contribution in [-0.2, 0) is 12.8 Å². The summed E-state index contributed by atoms with van der Waals surface area (Å²) in [5.41, 5.74) is 4.37. The van der Waals surface area contributed by atoms with Gasteiger partial charge in [-0.3, -0.25) is 0 Å². The third-order valence-corrected chi connectivity index (χ3v) is 4.09. The second kappa shape index (κ2) is 6.24. The summed E-state index contributed by atoms with van der Waals surface area (Å²) in [6, 6.07) is 7.22. The van der Waals surface area contributed by atoms with E-state index < -0.39 is 0 Å². The van der Waals surface area contributed by atoms with E-state index in [0.717, 1.165) is 25.8 Å². The van der Waals surface area contributed by atoms with E-state index in [1.807, 2.05) is 0 Å². The molecule has 1 heterocycles. The van der Waals surface area contributed by atoms with Crippen LogP contribution < -0.4 is 4.90 Å². The Balaban J connectivity index is 2.35. The number of hydrogen-bond donors (Lipinski definition) is 1. The number of aliphatic hydroxyl groups is 1. The van der Waals surface area contributed by atoms with Crippen molar-refractivity contribution in [2.75, 3.05) is 18.1 Å². The Morgan fingerprint density at radius 2 is 1.89 bits per heavy atom. The topological polar surface area (TPSA) is 23.5 Å². The molecular formula is C16H25NO. The minimum Gasteiger partial charge on any atom is -0.396 e. The van der Waals surface area contributed by atoms with E-state index in [1.165, 1.54) is 29.7 Å². The molecule has 1 N–H and O–H groups in total. The Bertz CT molecular complexity index is 366. The number of aliphatic hydroxyl groups excluding tert-OH is 1. The highest BCUT2D eigenvalue weighted by Gasteiger charge is 2.26. The summed E-state index contributed by atoms with van der Waals surface area (Å²) in [7, 11) is 0. The SMILES string of the molecule is CCc1cccc(CC)c1N1CCCC1CCO. The number of aryl methyl sites for hydroxylation is 2. The van der Waals surface area contributed by atoms with Gasteiger partial charge in [-0.25, -0.2) is 0 Å². The number of nitrogens with zero attached hydrogens (tertiary/aromatic N) is 1. The van der Waals surface area contributed by atoms with Gasteiger partial charge in [0.05, 0.1) is 0 Å². The van der Waals surface area contributed by atoms with Gasteiger partial charge in [0.1, 0.15) is 0 Å². The predicted octanol–water partition coefficient (Wildman–Crippen LogP) is 3.16. The predicted molar refractivity (Wildman–Crippen MR) is 77.3 cm³/mol. The fourth-order valence-electron chi connectivity index (χ4n) is 3.16. The van der Waals surface area contributed by atoms with Crippen molar-refractivity contribution in [1.82, 2.24) is 0 Å². The molecule has 1 fully saturated rings. The third-order valence-electron chi connectivity index (χ3n) is 4.09. The van der Waals surface area contributed by atoms with Gasteiger partial charge < -0.3 is 10.0 Å². The number of benzene rings is 1. The second-order valence-electron chi connectivity index (χ2n) is 5.13. The molecule has 1 atom stereocenters. The molecule has 0 aliphatic carbocycles. The molecule has 2 heteroatoms. The molecule has 0 amide bonds. The largest absolute Gasteiger partial charge is 0.396 e. The summed E-state index contributed by atoms with van der Waals surface area (Å²) in [6.45, 7) is 5.91. The van der Waals surface area contributed by atoms with Gasteiger partial charge in [0.15, 0.2) is 0 Å². The molecule has 0 radical (unpaired) electrons. The molecule has 100 valence electrons. The first-order valence-corrected chi connectivity index (χ1v) is 7.30. The first-order valence-electron chi connectivity index (χ1n) is 7.30. The zero-order valence-corrected chi connectivity index (χ0v) is 11.7. The fraction of sp³-hybridized carbons (Fsp3) is 0.625. The van der Waals surface area contributed by atoms with Crippen LogP contribution >= 0.6 is 0 Å². The molecular weight excluding hydrogens is 222 g/mol. The van der Waals surface area contributed by atoms with Crippen molar-refractivity contribution < 1.29 is 5.11 Å². The van der Waals surface area contributed by atoms with Crippen molar-refractivity contribution >= 4 is 5.69 Å². The van der Waals surface area contributed by atoms with E-state index in [9.17, 15) is 5.11 Å². The van der Waals surface area contributed by atoms with E-state index >= 15 is 0 Å². The highest BCUT2D eigenvalue weighted by atomic mass is 16.3. The maximum absolute atomic E-state index is 9.22. The average Bonchev–Trinajstić information content (AvgIpc) is 2.86. The van der Waals surface area contributed by atoms with E-state index in [0.29, 0.717) is 12.6 Å². The minimum atomic E-state index is 0.302. The van der Waals surface area contributed by atoms with Gasteiger partial charge in [-0.2, -0.15) is 0 Å². The molecule has 0 bridgehead atoms. The number of rotatable bonds is 5. The zero-order valence-electron chi connectivity index (χ0n) is 11.7. The Labute approximate surface area is 111 Å². The van der Waals surface area contributed by atoms with Gasteiger partial charge in [0.2, 0.25) is 0 Å². The maximum Gasteiger partial charge on any atom is 0.0450 e. The van der Waals surface area contributed by atoms with Crippen molar-refractivity contribution in [3.63, 3.8) is 0 Å². The quantitative estimate of drug-likeness (QED) is 0.864. The summed E-state index contributed by atoms with van der Waals surface area (Å²) >= 11 is 0. The van der Waals surface area contributed by atoms with Crippen molar-refractivity contribution in [3.8, 4) is 0 Å². The standard InChI is InChI=1S/C16H25NO/c1-3-13-7-5-8-14(4-2)16(13)17-11-6-9-15(17)10-12-18/h5,7-8,15,18H,3-4,6,9-12H2,1-2H3. The average molecular weight is 247 g/mol. The third kappa shape index (κ3) is 2.54. The van der Waals surface area contributed by atoms with Gasteiger partial charge in [0, 0.05) is 24.9 Å². The van der Waals surface area contributed by atoms with E-state index in [2.05, 4.69) is 36.9 Å². The lowest BCUT2D eigenvalue weighted by Crippen LogP contribution is -2.31. The first-order chi connectivity index (χ1) is 8.81. The Morgan fingerprint density at radius 1 is 1.22 bits per heavy atom. The molecule has 18 heavy (non-hydrogen) atoms. The summed E-state index contributed by atoms with van der Waals surface area (Å²) in [5.74, 6) is 0. The second-order valence-corrected chi connectivity index (χ2v) is 5.13. The van der Waals surface area contributed by atoms with Crippen molar-refractivity contribution in [2.24, 2.45) is 0 Å². The van der Waals surface area contributed by atoms with E-state index in [1.54, 1.807) is 0 Å². The van der Waals surface area contributed by atoms with Crippen LogP contribution in [0.4, 0.5) is 5.69 Å². The Morgan fingerprint density at radius 3 is 2.44 bits per heavy atom. The van der Waals surface area contributed by atoms with Crippen LogP contribution in [0.1, 0.15) is 44.2 Å². The van der Waals surface area contributed by atoms with Crippen LogP contribution in [0, 0.1) is 0 Å². The molecule has 1 aliphatic heterocycles. The molecule has 0 saturated carbocycles. The van der Waals surface area contributed by atoms with E-state index in [-0.39, 0.29) is 0 Å². The van der Waals surface area contributed by atoms with Crippen LogP contribution in [0.25, 0.3) is 0 Å². The summed E-state index contributed by atoms with van der Waals surface area (Å²) in [4.78, 5) is 2.55. The van der Waals surface area contributed by atoms with Crippen molar-refractivity contribution in [1.29, 1.82) is 0 Å². The normalized spacial score (nSPS) is 19.5. The molecule has 1 saturated heterocycles. The highest BCUT2D eigenvalue weighted by molar-refractivity contribution is 5.61. The first kappa shape index (κ1) is 13.4. The van der Waals surface area contributed by atoms with Gasteiger partial charge in [-0.1, -0.05) is 32.0 Å². The molecule has 0 spiro atoms. The molecule has 0 aromatic heterocycles.